The lowest BCUT2D eigenvalue weighted by atomic mass is 10.0. The van der Waals surface area contributed by atoms with E-state index < -0.39 is 14.6 Å². The summed E-state index contributed by atoms with van der Waals surface area (Å²) in [6, 6.07) is 0. The maximum atomic E-state index is 12.1. The van der Waals surface area contributed by atoms with Gasteiger partial charge in [-0.05, 0) is 45.4 Å². The predicted molar refractivity (Wildman–Crippen MR) is 109 cm³/mol. The summed E-state index contributed by atoms with van der Waals surface area (Å²) in [5.74, 6) is 1.01. The Labute approximate surface area is 163 Å². The van der Waals surface area contributed by atoms with E-state index in [4.69, 9.17) is 4.74 Å². The fourth-order valence-corrected chi connectivity index (χ4v) is 4.41. The minimum atomic E-state index is -3.02. The lowest BCUT2D eigenvalue weighted by Gasteiger charge is -2.39. The van der Waals surface area contributed by atoms with Gasteiger partial charge in [0.25, 0.3) is 0 Å². The van der Waals surface area contributed by atoms with Gasteiger partial charge in [-0.15, -0.1) is 24.0 Å². The first-order valence-electron chi connectivity index (χ1n) is 8.51. The molecule has 0 aromatic carbocycles. The summed E-state index contributed by atoms with van der Waals surface area (Å²) in [4.78, 5) is 6.43. The largest absolute Gasteiger partial charge is 0.382 e. The van der Waals surface area contributed by atoms with E-state index in [9.17, 15) is 8.42 Å². The molecule has 8 heteroatoms. The fraction of sp³-hybridized carbons (Fsp3) is 0.938. The number of aliphatic imine (C=N–C) groups is 1. The molecule has 6 nitrogen and oxygen atoms in total. The van der Waals surface area contributed by atoms with Crippen LogP contribution in [-0.4, -0.2) is 69.7 Å². The van der Waals surface area contributed by atoms with Crippen molar-refractivity contribution in [3.63, 3.8) is 0 Å². The molecule has 24 heavy (non-hydrogen) atoms. The normalized spacial score (nSPS) is 24.2. The van der Waals surface area contributed by atoms with E-state index in [2.05, 4.69) is 15.2 Å². The van der Waals surface area contributed by atoms with Crippen LogP contribution in [0.25, 0.3) is 0 Å². The lowest BCUT2D eigenvalue weighted by Crippen LogP contribution is -2.57. The third kappa shape index (κ3) is 5.20. The van der Waals surface area contributed by atoms with Crippen LogP contribution >= 0.6 is 24.0 Å². The van der Waals surface area contributed by atoms with Crippen molar-refractivity contribution in [3.05, 3.63) is 0 Å². The summed E-state index contributed by atoms with van der Waals surface area (Å²) in [6.07, 6.45) is 3.53. The Kier molecular flexibility index (Phi) is 7.80. The molecule has 0 radical (unpaired) electrons. The molecule has 1 heterocycles. The standard InChI is InChI=1S/C16H31N3O3S.HI/c1-5-22-10-8-16(6-7-16)12-18-14(17-4)19-9-11-23(20,21)15(2,3)13-19;/h5-13H2,1-4H3,(H,17,18);1H. The summed E-state index contributed by atoms with van der Waals surface area (Å²) < 4.78 is 29.0. The van der Waals surface area contributed by atoms with E-state index in [0.29, 0.717) is 18.5 Å². The Hall–Kier alpha value is -0.0900. The summed E-state index contributed by atoms with van der Waals surface area (Å²) >= 11 is 0. The van der Waals surface area contributed by atoms with Crippen LogP contribution in [-0.2, 0) is 14.6 Å². The fourth-order valence-electron chi connectivity index (χ4n) is 3.05. The van der Waals surface area contributed by atoms with Crippen LogP contribution in [0.2, 0.25) is 0 Å². The van der Waals surface area contributed by atoms with Crippen molar-refractivity contribution in [1.82, 2.24) is 10.2 Å². The second-order valence-electron chi connectivity index (χ2n) is 7.35. The highest BCUT2D eigenvalue weighted by Crippen LogP contribution is 2.48. The quantitative estimate of drug-likeness (QED) is 0.276. The van der Waals surface area contributed by atoms with E-state index in [0.717, 1.165) is 32.1 Å². The average Bonchev–Trinajstić information content (AvgIpc) is 3.24. The Morgan fingerprint density at radius 2 is 2.00 bits per heavy atom. The van der Waals surface area contributed by atoms with Crippen molar-refractivity contribution < 1.29 is 13.2 Å². The molecule has 0 aromatic heterocycles. The zero-order valence-corrected chi connectivity index (χ0v) is 18.4. The highest BCUT2D eigenvalue weighted by molar-refractivity contribution is 14.0. The van der Waals surface area contributed by atoms with Gasteiger partial charge in [0.05, 0.1) is 10.5 Å². The van der Waals surface area contributed by atoms with Crippen molar-refractivity contribution in [2.45, 2.75) is 44.8 Å². The van der Waals surface area contributed by atoms with Gasteiger partial charge in [-0.25, -0.2) is 8.42 Å². The zero-order valence-electron chi connectivity index (χ0n) is 15.3. The predicted octanol–water partition coefficient (Wildman–Crippen LogP) is 1.90. The van der Waals surface area contributed by atoms with Gasteiger partial charge in [-0.1, -0.05) is 0 Å². The number of rotatable bonds is 6. The Balaban J connectivity index is 0.00000288. The highest BCUT2D eigenvalue weighted by Gasteiger charge is 2.44. The first-order valence-corrected chi connectivity index (χ1v) is 10.2. The van der Waals surface area contributed by atoms with Gasteiger partial charge in [-0.3, -0.25) is 4.99 Å². The van der Waals surface area contributed by atoms with Gasteiger partial charge in [0.2, 0.25) is 0 Å². The molecular formula is C16H32IN3O3S. The minimum absolute atomic E-state index is 0. The van der Waals surface area contributed by atoms with E-state index in [1.54, 1.807) is 20.9 Å². The van der Waals surface area contributed by atoms with Crippen molar-refractivity contribution in [1.29, 1.82) is 0 Å². The van der Waals surface area contributed by atoms with Crippen LogP contribution < -0.4 is 5.32 Å². The molecule has 1 aliphatic heterocycles. The third-order valence-electron chi connectivity index (χ3n) is 5.11. The molecular weight excluding hydrogens is 441 g/mol. The second-order valence-corrected chi connectivity index (χ2v) is 10.1. The van der Waals surface area contributed by atoms with E-state index in [-0.39, 0.29) is 29.7 Å². The SMILES string of the molecule is CCOCCC1(CNC(=NC)N2CCS(=O)(=O)C(C)(C)C2)CC1.I. The second kappa shape index (κ2) is 8.53. The summed E-state index contributed by atoms with van der Waals surface area (Å²) in [6.45, 7) is 9.08. The van der Waals surface area contributed by atoms with Crippen LogP contribution in [0.3, 0.4) is 0 Å². The Morgan fingerprint density at radius 1 is 1.33 bits per heavy atom. The Bertz CT molecular complexity index is 545. The summed E-state index contributed by atoms with van der Waals surface area (Å²) in [5.41, 5.74) is 0.336. The Morgan fingerprint density at radius 3 is 2.50 bits per heavy atom. The molecule has 0 spiro atoms. The molecule has 2 rings (SSSR count). The molecule has 1 N–H and O–H groups in total. The maximum Gasteiger partial charge on any atom is 0.193 e. The third-order valence-corrected chi connectivity index (χ3v) is 7.65. The molecule has 0 aromatic rings. The number of nitrogens with zero attached hydrogens (tertiary/aromatic N) is 2. The van der Waals surface area contributed by atoms with E-state index >= 15 is 0 Å². The van der Waals surface area contributed by atoms with Gasteiger partial charge in [-0.2, -0.15) is 0 Å². The van der Waals surface area contributed by atoms with Crippen molar-refractivity contribution in [2.24, 2.45) is 10.4 Å². The van der Waals surface area contributed by atoms with Crippen LogP contribution in [0.1, 0.15) is 40.0 Å². The van der Waals surface area contributed by atoms with Crippen LogP contribution in [0.4, 0.5) is 0 Å². The maximum absolute atomic E-state index is 12.1. The summed E-state index contributed by atoms with van der Waals surface area (Å²) in [5, 5.41) is 3.46. The van der Waals surface area contributed by atoms with Gasteiger partial charge in [0, 0.05) is 39.9 Å². The molecule has 1 saturated heterocycles. The van der Waals surface area contributed by atoms with Gasteiger partial charge in [0.1, 0.15) is 0 Å². The molecule has 142 valence electrons. The molecule has 1 aliphatic carbocycles. The minimum Gasteiger partial charge on any atom is -0.382 e. The first-order chi connectivity index (χ1) is 10.8. The zero-order chi connectivity index (χ0) is 17.1. The average molecular weight is 473 g/mol. The molecule has 0 atom stereocenters. The highest BCUT2D eigenvalue weighted by atomic mass is 127. The van der Waals surface area contributed by atoms with Crippen LogP contribution in [0.15, 0.2) is 4.99 Å². The first kappa shape index (κ1) is 22.0. The molecule has 0 bridgehead atoms. The number of halogens is 1. The smallest absolute Gasteiger partial charge is 0.193 e. The van der Waals surface area contributed by atoms with E-state index in [1.165, 1.54) is 12.8 Å². The molecule has 2 aliphatic rings. The number of ether oxygens (including phenoxy) is 1. The monoisotopic (exact) mass is 473 g/mol. The van der Waals surface area contributed by atoms with Gasteiger partial charge >= 0.3 is 0 Å². The van der Waals surface area contributed by atoms with Crippen molar-refractivity contribution >= 4 is 39.8 Å². The van der Waals surface area contributed by atoms with Crippen LogP contribution in [0, 0.1) is 5.41 Å². The number of nitrogens with one attached hydrogen (secondary N) is 1. The molecule has 2 fully saturated rings. The number of hydrogen-bond donors (Lipinski definition) is 1. The van der Waals surface area contributed by atoms with Crippen molar-refractivity contribution in [2.75, 3.05) is 45.6 Å². The van der Waals surface area contributed by atoms with Gasteiger partial charge in [0.15, 0.2) is 15.8 Å². The topological polar surface area (TPSA) is 71.0 Å². The van der Waals surface area contributed by atoms with Crippen molar-refractivity contribution in [3.8, 4) is 0 Å². The molecule has 0 amide bonds. The molecule has 0 unspecified atom stereocenters. The lowest BCUT2D eigenvalue weighted by molar-refractivity contribution is 0.128. The number of hydrogen-bond acceptors (Lipinski definition) is 4. The summed E-state index contributed by atoms with van der Waals surface area (Å²) in [7, 11) is -1.26. The van der Waals surface area contributed by atoms with Crippen LogP contribution in [0.5, 0.6) is 0 Å². The van der Waals surface area contributed by atoms with E-state index in [1.807, 2.05) is 6.92 Å². The number of guanidine groups is 1. The van der Waals surface area contributed by atoms with Gasteiger partial charge < -0.3 is 15.0 Å². The molecule has 1 saturated carbocycles. The number of sulfone groups is 1.